The van der Waals surface area contributed by atoms with Gasteiger partial charge in [0.05, 0.1) is 0 Å². The third kappa shape index (κ3) is 2.63. The van der Waals surface area contributed by atoms with E-state index in [1.807, 2.05) is 0 Å². The van der Waals surface area contributed by atoms with Crippen molar-refractivity contribution >= 4 is 0 Å². The van der Waals surface area contributed by atoms with E-state index in [-0.39, 0.29) is 17.4 Å². The number of aromatic hydroxyl groups is 2. The van der Waals surface area contributed by atoms with Crippen molar-refractivity contribution in [1.82, 2.24) is 0 Å². The van der Waals surface area contributed by atoms with Crippen LogP contribution in [-0.4, -0.2) is 10.2 Å². The molecule has 0 heterocycles. The summed E-state index contributed by atoms with van der Waals surface area (Å²) in [6, 6.07) is 3.59. The van der Waals surface area contributed by atoms with Gasteiger partial charge in [-0.1, -0.05) is 25.5 Å². The molecule has 2 nitrogen and oxygen atoms in total. The summed E-state index contributed by atoms with van der Waals surface area (Å²) >= 11 is 0. The Bertz CT molecular complexity index is 398. The van der Waals surface area contributed by atoms with Gasteiger partial charge in [-0.25, -0.2) is 0 Å². The summed E-state index contributed by atoms with van der Waals surface area (Å²) in [5.41, 5.74) is 1.70. The summed E-state index contributed by atoms with van der Waals surface area (Å²) in [5.74, 6) is 0.648. The lowest BCUT2D eigenvalue weighted by Crippen LogP contribution is -2.01. The fraction of sp³-hybridized carbons (Fsp3) is 0.467. The highest BCUT2D eigenvalue weighted by Crippen LogP contribution is 2.40. The van der Waals surface area contributed by atoms with E-state index in [1.165, 1.54) is 0 Å². The molecule has 0 radical (unpaired) electrons. The first-order chi connectivity index (χ1) is 8.22. The van der Waals surface area contributed by atoms with Crippen molar-refractivity contribution in [2.24, 2.45) is 0 Å². The molecule has 0 saturated heterocycles. The SMILES string of the molecule is CCCc1cc(O)c(C2C=CCCC2)c(O)c1. The monoisotopic (exact) mass is 232 g/mol. The van der Waals surface area contributed by atoms with E-state index < -0.39 is 0 Å². The van der Waals surface area contributed by atoms with Gasteiger partial charge in [0.1, 0.15) is 11.5 Å². The van der Waals surface area contributed by atoms with Crippen molar-refractivity contribution in [3.63, 3.8) is 0 Å². The Morgan fingerprint density at radius 3 is 2.47 bits per heavy atom. The number of benzene rings is 1. The maximum Gasteiger partial charge on any atom is 0.123 e. The van der Waals surface area contributed by atoms with Crippen LogP contribution >= 0.6 is 0 Å². The molecule has 2 N–H and O–H groups in total. The number of allylic oxidation sites excluding steroid dienone is 2. The highest BCUT2D eigenvalue weighted by Gasteiger charge is 2.19. The van der Waals surface area contributed by atoms with Crippen LogP contribution in [0.25, 0.3) is 0 Å². The van der Waals surface area contributed by atoms with Crippen molar-refractivity contribution in [2.75, 3.05) is 0 Å². The Hall–Kier alpha value is -1.44. The van der Waals surface area contributed by atoms with E-state index in [4.69, 9.17) is 0 Å². The summed E-state index contributed by atoms with van der Waals surface area (Å²) in [4.78, 5) is 0. The zero-order valence-corrected chi connectivity index (χ0v) is 10.3. The lowest BCUT2D eigenvalue weighted by atomic mass is 9.87. The lowest BCUT2D eigenvalue weighted by Gasteiger charge is -2.19. The minimum Gasteiger partial charge on any atom is -0.507 e. The molecule has 2 heteroatoms. The first-order valence-electron chi connectivity index (χ1n) is 6.43. The van der Waals surface area contributed by atoms with Crippen LogP contribution in [-0.2, 0) is 6.42 Å². The van der Waals surface area contributed by atoms with Crippen molar-refractivity contribution in [2.45, 2.75) is 44.9 Å². The number of hydrogen-bond donors (Lipinski definition) is 2. The van der Waals surface area contributed by atoms with Gasteiger partial charge in [0.2, 0.25) is 0 Å². The number of rotatable bonds is 3. The predicted octanol–water partition coefficient (Wildman–Crippen LogP) is 3.87. The van der Waals surface area contributed by atoms with Crippen LogP contribution in [0.5, 0.6) is 11.5 Å². The summed E-state index contributed by atoms with van der Waals surface area (Å²) < 4.78 is 0. The van der Waals surface area contributed by atoms with Gasteiger partial charge in [0, 0.05) is 11.5 Å². The van der Waals surface area contributed by atoms with E-state index in [2.05, 4.69) is 19.1 Å². The molecule has 0 fully saturated rings. The van der Waals surface area contributed by atoms with Gasteiger partial charge in [-0.3, -0.25) is 0 Å². The topological polar surface area (TPSA) is 40.5 Å². The van der Waals surface area contributed by atoms with Gasteiger partial charge in [0.25, 0.3) is 0 Å². The second kappa shape index (κ2) is 5.26. The minimum absolute atomic E-state index is 0.166. The zero-order chi connectivity index (χ0) is 12.3. The molecule has 17 heavy (non-hydrogen) atoms. The van der Waals surface area contributed by atoms with Crippen LogP contribution < -0.4 is 0 Å². The average molecular weight is 232 g/mol. The van der Waals surface area contributed by atoms with Gasteiger partial charge >= 0.3 is 0 Å². The van der Waals surface area contributed by atoms with Crippen LogP contribution in [0.4, 0.5) is 0 Å². The Labute approximate surface area is 103 Å². The number of phenolic OH excluding ortho intramolecular Hbond substituents is 2. The fourth-order valence-electron chi connectivity index (χ4n) is 2.55. The summed E-state index contributed by atoms with van der Waals surface area (Å²) in [5, 5.41) is 20.1. The molecule has 0 saturated carbocycles. The van der Waals surface area contributed by atoms with Gasteiger partial charge in [-0.05, 0) is 43.4 Å². The third-order valence-corrected chi connectivity index (χ3v) is 3.36. The molecule has 1 aromatic carbocycles. The van der Waals surface area contributed by atoms with E-state index in [0.29, 0.717) is 5.56 Å². The Balaban J connectivity index is 2.33. The lowest BCUT2D eigenvalue weighted by molar-refractivity contribution is 0.428. The van der Waals surface area contributed by atoms with Crippen molar-refractivity contribution < 1.29 is 10.2 Å². The van der Waals surface area contributed by atoms with E-state index in [9.17, 15) is 10.2 Å². The zero-order valence-electron chi connectivity index (χ0n) is 10.3. The van der Waals surface area contributed by atoms with Gasteiger partial charge < -0.3 is 10.2 Å². The molecule has 1 aliphatic rings. The van der Waals surface area contributed by atoms with Crippen LogP contribution in [0, 0.1) is 0 Å². The summed E-state index contributed by atoms with van der Waals surface area (Å²) in [6.07, 6.45) is 9.36. The van der Waals surface area contributed by atoms with E-state index in [0.717, 1.165) is 37.7 Å². The molecule has 0 bridgehead atoms. The molecule has 2 rings (SSSR count). The first kappa shape index (κ1) is 12.0. The Morgan fingerprint density at radius 2 is 1.94 bits per heavy atom. The highest BCUT2D eigenvalue weighted by molar-refractivity contribution is 5.50. The first-order valence-corrected chi connectivity index (χ1v) is 6.43. The van der Waals surface area contributed by atoms with E-state index in [1.54, 1.807) is 12.1 Å². The molecule has 0 spiro atoms. The normalized spacial score (nSPS) is 19.5. The smallest absolute Gasteiger partial charge is 0.123 e. The van der Waals surface area contributed by atoms with Crippen LogP contribution in [0.1, 0.15) is 49.7 Å². The van der Waals surface area contributed by atoms with Gasteiger partial charge in [-0.2, -0.15) is 0 Å². The number of phenols is 2. The largest absolute Gasteiger partial charge is 0.507 e. The summed E-state index contributed by atoms with van der Waals surface area (Å²) in [6.45, 7) is 2.09. The van der Waals surface area contributed by atoms with Crippen molar-refractivity contribution in [3.8, 4) is 11.5 Å². The molecule has 0 amide bonds. The third-order valence-electron chi connectivity index (χ3n) is 3.36. The maximum atomic E-state index is 10.1. The number of aryl methyl sites for hydroxylation is 1. The Kier molecular flexibility index (Phi) is 3.72. The molecule has 1 unspecified atom stereocenters. The van der Waals surface area contributed by atoms with Crippen LogP contribution in [0.3, 0.4) is 0 Å². The summed E-state index contributed by atoms with van der Waals surface area (Å²) in [7, 11) is 0. The molecule has 0 aliphatic heterocycles. The van der Waals surface area contributed by atoms with Crippen LogP contribution in [0.15, 0.2) is 24.3 Å². The fourth-order valence-corrected chi connectivity index (χ4v) is 2.55. The second-order valence-electron chi connectivity index (χ2n) is 4.76. The molecule has 1 aromatic rings. The molecular weight excluding hydrogens is 212 g/mol. The maximum absolute atomic E-state index is 10.1. The van der Waals surface area contributed by atoms with E-state index >= 15 is 0 Å². The van der Waals surface area contributed by atoms with Crippen molar-refractivity contribution in [1.29, 1.82) is 0 Å². The number of hydrogen-bond acceptors (Lipinski definition) is 2. The van der Waals surface area contributed by atoms with Crippen molar-refractivity contribution in [3.05, 3.63) is 35.4 Å². The standard InChI is InChI=1S/C15H20O2/c1-2-6-11-9-13(16)15(14(17)10-11)12-7-4-3-5-8-12/h4,7,9-10,12,16-17H,2-3,5-6,8H2,1H3. The average Bonchev–Trinajstić information content (AvgIpc) is 2.30. The molecule has 1 aliphatic carbocycles. The molecule has 92 valence electrons. The quantitative estimate of drug-likeness (QED) is 0.776. The second-order valence-corrected chi connectivity index (χ2v) is 4.76. The predicted molar refractivity (Wildman–Crippen MR) is 69.5 cm³/mol. The van der Waals surface area contributed by atoms with Gasteiger partial charge in [-0.15, -0.1) is 0 Å². The van der Waals surface area contributed by atoms with Crippen LogP contribution in [0.2, 0.25) is 0 Å². The molecular formula is C15H20O2. The van der Waals surface area contributed by atoms with Gasteiger partial charge in [0.15, 0.2) is 0 Å². The molecule has 1 atom stereocenters. The Morgan fingerprint density at radius 1 is 1.24 bits per heavy atom. The molecule has 0 aromatic heterocycles. The minimum atomic E-state index is 0.166. The highest BCUT2D eigenvalue weighted by atomic mass is 16.3.